The SMILES string of the molecule is C[C@@H]1CCC[C@@H](C)C1=NNC(=O)Cc1cc(=O)[nH]c(=S)[nH]1. The van der Waals surface area contributed by atoms with E-state index in [9.17, 15) is 9.59 Å². The van der Waals surface area contributed by atoms with Crippen molar-refractivity contribution < 1.29 is 4.79 Å². The number of nitrogens with zero attached hydrogens (tertiary/aromatic N) is 1. The summed E-state index contributed by atoms with van der Waals surface area (Å²) in [5, 5.41) is 4.28. The van der Waals surface area contributed by atoms with Gasteiger partial charge in [0.05, 0.1) is 6.42 Å². The summed E-state index contributed by atoms with van der Waals surface area (Å²) in [4.78, 5) is 28.4. The third kappa shape index (κ3) is 4.35. The number of carbonyl (C=O) groups excluding carboxylic acids is 1. The highest BCUT2D eigenvalue weighted by Crippen LogP contribution is 2.25. The lowest BCUT2D eigenvalue weighted by molar-refractivity contribution is -0.120. The van der Waals surface area contributed by atoms with E-state index in [1.165, 1.54) is 12.5 Å². The molecule has 2 atom stereocenters. The first-order valence-electron chi connectivity index (χ1n) is 7.14. The Morgan fingerprint density at radius 2 is 2.05 bits per heavy atom. The van der Waals surface area contributed by atoms with Crippen LogP contribution in [0.2, 0.25) is 0 Å². The predicted octanol–water partition coefficient (Wildman–Crippen LogP) is 1.90. The van der Waals surface area contributed by atoms with Crippen LogP contribution in [-0.4, -0.2) is 21.6 Å². The molecule has 0 bridgehead atoms. The first-order chi connectivity index (χ1) is 9.95. The van der Waals surface area contributed by atoms with Crippen LogP contribution in [0.4, 0.5) is 0 Å². The number of rotatable bonds is 3. The average Bonchev–Trinajstić information content (AvgIpc) is 2.36. The lowest BCUT2D eigenvalue weighted by Crippen LogP contribution is -2.30. The van der Waals surface area contributed by atoms with Crippen molar-refractivity contribution in [2.45, 2.75) is 39.5 Å². The number of carbonyl (C=O) groups is 1. The number of amides is 1. The van der Waals surface area contributed by atoms with Crippen LogP contribution in [0.15, 0.2) is 16.0 Å². The molecule has 2 rings (SSSR count). The maximum atomic E-state index is 11.9. The van der Waals surface area contributed by atoms with Crippen molar-refractivity contribution in [1.82, 2.24) is 15.4 Å². The fourth-order valence-corrected chi connectivity index (χ4v) is 2.92. The van der Waals surface area contributed by atoms with Crippen LogP contribution >= 0.6 is 12.2 Å². The monoisotopic (exact) mass is 308 g/mol. The Labute approximate surface area is 128 Å². The van der Waals surface area contributed by atoms with E-state index in [0.29, 0.717) is 17.5 Å². The average molecular weight is 308 g/mol. The zero-order valence-electron chi connectivity index (χ0n) is 12.2. The van der Waals surface area contributed by atoms with Crippen molar-refractivity contribution in [3.05, 3.63) is 26.9 Å². The van der Waals surface area contributed by atoms with Gasteiger partial charge >= 0.3 is 0 Å². The molecule has 1 amide bonds. The van der Waals surface area contributed by atoms with Crippen LogP contribution in [0.25, 0.3) is 0 Å². The molecule has 1 aliphatic rings. The van der Waals surface area contributed by atoms with Gasteiger partial charge in [0.2, 0.25) is 5.91 Å². The number of nitrogens with one attached hydrogen (secondary N) is 3. The number of aromatic amines is 2. The van der Waals surface area contributed by atoms with Crippen LogP contribution in [0.5, 0.6) is 0 Å². The molecule has 0 aliphatic heterocycles. The summed E-state index contributed by atoms with van der Waals surface area (Å²) in [7, 11) is 0. The molecule has 0 unspecified atom stereocenters. The molecule has 114 valence electrons. The highest BCUT2D eigenvalue weighted by Gasteiger charge is 2.23. The number of hydrazone groups is 1. The first-order valence-corrected chi connectivity index (χ1v) is 7.55. The number of hydrogen-bond acceptors (Lipinski definition) is 4. The molecule has 3 N–H and O–H groups in total. The zero-order chi connectivity index (χ0) is 15.4. The van der Waals surface area contributed by atoms with E-state index in [1.54, 1.807) is 0 Å². The Kier molecular flexibility index (Phi) is 5.06. The Morgan fingerprint density at radius 1 is 1.38 bits per heavy atom. The Bertz CT molecular complexity index is 621. The van der Waals surface area contributed by atoms with E-state index in [4.69, 9.17) is 12.2 Å². The van der Waals surface area contributed by atoms with Gasteiger partial charge in [-0.2, -0.15) is 5.10 Å². The minimum Gasteiger partial charge on any atom is -0.335 e. The van der Waals surface area contributed by atoms with E-state index >= 15 is 0 Å². The zero-order valence-corrected chi connectivity index (χ0v) is 13.0. The van der Waals surface area contributed by atoms with Crippen LogP contribution in [-0.2, 0) is 11.2 Å². The third-order valence-electron chi connectivity index (χ3n) is 3.76. The van der Waals surface area contributed by atoms with E-state index in [1.807, 2.05) is 0 Å². The van der Waals surface area contributed by atoms with Gasteiger partial charge in [0.15, 0.2) is 4.77 Å². The number of H-pyrrole nitrogens is 2. The molecular formula is C14H20N4O2S. The molecule has 1 aliphatic carbocycles. The second-order valence-corrected chi connectivity index (χ2v) is 6.00. The van der Waals surface area contributed by atoms with E-state index in [-0.39, 0.29) is 22.7 Å². The smallest absolute Gasteiger partial charge is 0.251 e. The second kappa shape index (κ2) is 6.80. The standard InChI is InChI=1S/C14H20N4O2S/c1-8-4-3-5-9(2)13(8)18-17-12(20)7-10-6-11(19)16-14(21)15-10/h6,8-9H,3-5,7H2,1-2H3,(H,17,20)(H2,15,16,19,21)/t8-,9-/m1/s1. The number of hydrogen-bond donors (Lipinski definition) is 3. The topological polar surface area (TPSA) is 90.1 Å². The summed E-state index contributed by atoms with van der Waals surface area (Å²) in [5.41, 5.74) is 3.79. The van der Waals surface area contributed by atoms with Crippen LogP contribution in [0.3, 0.4) is 0 Å². The lowest BCUT2D eigenvalue weighted by atomic mass is 9.81. The van der Waals surface area contributed by atoms with Gasteiger partial charge in [-0.15, -0.1) is 0 Å². The van der Waals surface area contributed by atoms with Gasteiger partial charge in [-0.05, 0) is 36.9 Å². The quantitative estimate of drug-likeness (QED) is 0.588. The summed E-state index contributed by atoms with van der Waals surface area (Å²) in [6, 6.07) is 1.33. The van der Waals surface area contributed by atoms with Crippen molar-refractivity contribution in [3.8, 4) is 0 Å². The summed E-state index contributed by atoms with van der Waals surface area (Å²) < 4.78 is 0.214. The van der Waals surface area contributed by atoms with Gasteiger partial charge in [-0.25, -0.2) is 5.43 Å². The van der Waals surface area contributed by atoms with Crippen molar-refractivity contribution >= 4 is 23.8 Å². The molecular weight excluding hydrogens is 288 g/mol. The van der Waals surface area contributed by atoms with Crippen LogP contribution < -0.4 is 11.0 Å². The summed E-state index contributed by atoms with van der Waals surface area (Å²) in [6.45, 7) is 4.27. The van der Waals surface area contributed by atoms with Gasteiger partial charge in [0.1, 0.15) is 0 Å². The predicted molar refractivity (Wildman–Crippen MR) is 83.7 cm³/mol. The van der Waals surface area contributed by atoms with Crippen molar-refractivity contribution in [1.29, 1.82) is 0 Å². The molecule has 0 aromatic carbocycles. The maximum absolute atomic E-state index is 11.9. The van der Waals surface area contributed by atoms with Crippen molar-refractivity contribution in [2.24, 2.45) is 16.9 Å². The molecule has 1 aromatic rings. The molecule has 0 saturated heterocycles. The molecule has 7 heteroatoms. The van der Waals surface area contributed by atoms with Crippen molar-refractivity contribution in [3.63, 3.8) is 0 Å². The van der Waals surface area contributed by atoms with Crippen LogP contribution in [0, 0.1) is 16.6 Å². The van der Waals surface area contributed by atoms with Gasteiger partial charge in [0.25, 0.3) is 5.56 Å². The van der Waals surface area contributed by atoms with Gasteiger partial charge in [0, 0.05) is 17.5 Å². The van der Waals surface area contributed by atoms with E-state index in [0.717, 1.165) is 18.6 Å². The van der Waals surface area contributed by atoms with Gasteiger partial charge < -0.3 is 4.98 Å². The normalized spacial score (nSPS) is 21.9. The fraction of sp³-hybridized carbons (Fsp3) is 0.571. The molecule has 21 heavy (non-hydrogen) atoms. The summed E-state index contributed by atoms with van der Waals surface area (Å²) >= 11 is 4.87. The minimum atomic E-state index is -0.317. The number of aromatic nitrogens is 2. The molecule has 1 aromatic heterocycles. The largest absolute Gasteiger partial charge is 0.335 e. The van der Waals surface area contributed by atoms with Gasteiger partial charge in [-0.3, -0.25) is 14.6 Å². The molecule has 0 spiro atoms. The Hall–Kier alpha value is -1.76. The summed E-state index contributed by atoms with van der Waals surface area (Å²) in [5.74, 6) is 0.544. The molecule has 1 saturated carbocycles. The maximum Gasteiger partial charge on any atom is 0.251 e. The Morgan fingerprint density at radius 3 is 2.67 bits per heavy atom. The molecule has 1 heterocycles. The van der Waals surface area contributed by atoms with E-state index < -0.39 is 0 Å². The molecule has 6 nitrogen and oxygen atoms in total. The third-order valence-corrected chi connectivity index (χ3v) is 3.97. The van der Waals surface area contributed by atoms with Gasteiger partial charge in [-0.1, -0.05) is 20.3 Å². The highest BCUT2D eigenvalue weighted by molar-refractivity contribution is 7.71. The molecule has 0 radical (unpaired) electrons. The first kappa shape index (κ1) is 15.6. The second-order valence-electron chi connectivity index (χ2n) is 5.59. The Balaban J connectivity index is 2.01. The molecule has 1 fully saturated rings. The minimum absolute atomic E-state index is 0.0487. The summed E-state index contributed by atoms with van der Waals surface area (Å²) in [6.07, 6.45) is 3.48. The fourth-order valence-electron chi connectivity index (χ4n) is 2.69. The van der Waals surface area contributed by atoms with E-state index in [2.05, 4.69) is 34.3 Å². The van der Waals surface area contributed by atoms with Crippen molar-refractivity contribution in [2.75, 3.05) is 0 Å². The lowest BCUT2D eigenvalue weighted by Gasteiger charge is -2.26. The van der Waals surface area contributed by atoms with Crippen LogP contribution in [0.1, 0.15) is 38.8 Å². The highest BCUT2D eigenvalue weighted by atomic mass is 32.1.